The Bertz CT molecular complexity index is 835. The van der Waals surface area contributed by atoms with E-state index in [1.54, 1.807) is 10.7 Å². The Hall–Kier alpha value is -2.70. The van der Waals surface area contributed by atoms with Crippen molar-refractivity contribution in [2.45, 2.75) is 19.4 Å². The molecular weight excluding hydrogens is 270 g/mol. The van der Waals surface area contributed by atoms with Gasteiger partial charge in [-0.1, -0.05) is 6.07 Å². The van der Waals surface area contributed by atoms with Crippen LogP contribution < -0.4 is 0 Å². The molecule has 0 spiro atoms. The van der Waals surface area contributed by atoms with E-state index in [9.17, 15) is 9.90 Å². The molecule has 4 heterocycles. The van der Waals surface area contributed by atoms with Crippen LogP contribution in [-0.2, 0) is 17.8 Å². The van der Waals surface area contributed by atoms with E-state index in [-0.39, 0.29) is 5.92 Å². The highest BCUT2D eigenvalue weighted by Gasteiger charge is 2.28. The van der Waals surface area contributed by atoms with Crippen LogP contribution in [0.3, 0.4) is 0 Å². The second kappa shape index (κ2) is 4.41. The summed E-state index contributed by atoms with van der Waals surface area (Å²) in [4.78, 5) is 11.2. The van der Waals surface area contributed by atoms with E-state index in [1.807, 2.05) is 29.0 Å². The summed E-state index contributed by atoms with van der Waals surface area (Å²) in [7, 11) is 0. The van der Waals surface area contributed by atoms with E-state index in [2.05, 4.69) is 15.3 Å². The molecule has 7 nitrogen and oxygen atoms in total. The molecule has 0 saturated carbocycles. The molecule has 3 aromatic heterocycles. The molecule has 4 rings (SSSR count). The van der Waals surface area contributed by atoms with Crippen LogP contribution in [0.5, 0.6) is 0 Å². The summed E-state index contributed by atoms with van der Waals surface area (Å²) in [5.41, 5.74) is 1.81. The number of carboxylic acids is 1. The van der Waals surface area contributed by atoms with Crippen LogP contribution in [0.2, 0.25) is 0 Å². The normalized spacial score (nSPS) is 17.8. The molecule has 106 valence electrons. The molecule has 0 amide bonds. The minimum absolute atomic E-state index is 0.380. The summed E-state index contributed by atoms with van der Waals surface area (Å²) in [5.74, 6) is 0.393. The van der Waals surface area contributed by atoms with Gasteiger partial charge in [0.05, 0.1) is 23.2 Å². The van der Waals surface area contributed by atoms with Crippen LogP contribution in [-0.4, -0.2) is 35.5 Å². The van der Waals surface area contributed by atoms with Crippen LogP contribution in [0.1, 0.15) is 12.2 Å². The number of aromatic nitrogens is 5. The van der Waals surface area contributed by atoms with Gasteiger partial charge < -0.3 is 9.67 Å². The average Bonchev–Trinajstić information content (AvgIpc) is 3.09. The van der Waals surface area contributed by atoms with Crippen LogP contribution in [0.4, 0.5) is 0 Å². The predicted molar refractivity (Wildman–Crippen MR) is 73.7 cm³/mol. The zero-order valence-electron chi connectivity index (χ0n) is 11.2. The Morgan fingerprint density at radius 1 is 1.33 bits per heavy atom. The first-order valence-corrected chi connectivity index (χ1v) is 6.81. The van der Waals surface area contributed by atoms with E-state index >= 15 is 0 Å². The lowest BCUT2D eigenvalue weighted by atomic mass is 9.99. The highest BCUT2D eigenvalue weighted by atomic mass is 16.4. The Labute approximate surface area is 119 Å². The molecular formula is C14H13N5O2. The van der Waals surface area contributed by atoms with Crippen molar-refractivity contribution < 1.29 is 9.90 Å². The Morgan fingerprint density at radius 2 is 2.24 bits per heavy atom. The fraction of sp³-hybridized carbons (Fsp3) is 0.286. The Balaban J connectivity index is 1.84. The van der Waals surface area contributed by atoms with Gasteiger partial charge in [0.15, 0.2) is 5.82 Å². The number of nitrogens with zero attached hydrogens (tertiary/aromatic N) is 5. The number of aryl methyl sites for hydroxylation is 1. The molecule has 1 atom stereocenters. The molecule has 0 bridgehead atoms. The third kappa shape index (κ3) is 1.81. The van der Waals surface area contributed by atoms with Gasteiger partial charge in [-0.15, -0.1) is 10.2 Å². The number of carbonyl (C=O) groups is 1. The fourth-order valence-electron chi connectivity index (χ4n) is 2.83. The first-order valence-electron chi connectivity index (χ1n) is 6.81. The summed E-state index contributed by atoms with van der Waals surface area (Å²) >= 11 is 0. The van der Waals surface area contributed by atoms with Gasteiger partial charge in [-0.2, -0.15) is 5.10 Å². The zero-order chi connectivity index (χ0) is 14.4. The Kier molecular flexibility index (Phi) is 2.53. The maximum absolute atomic E-state index is 11.2. The average molecular weight is 283 g/mol. The summed E-state index contributed by atoms with van der Waals surface area (Å²) in [6, 6.07) is 5.80. The van der Waals surface area contributed by atoms with Gasteiger partial charge in [-0.25, -0.2) is 4.52 Å². The second-order valence-corrected chi connectivity index (χ2v) is 5.21. The standard InChI is InChI=1S/C14H13N5O2/c20-14(21)9-4-5-12-16-17-13(18(12)8-9)10-7-15-19-6-2-1-3-11(10)19/h1-3,6-7,9H,4-5,8H2,(H,20,21). The smallest absolute Gasteiger partial charge is 0.308 e. The topological polar surface area (TPSA) is 85.3 Å². The highest BCUT2D eigenvalue weighted by Crippen LogP contribution is 2.28. The van der Waals surface area contributed by atoms with E-state index < -0.39 is 5.97 Å². The van der Waals surface area contributed by atoms with Crippen molar-refractivity contribution in [3.8, 4) is 11.4 Å². The van der Waals surface area contributed by atoms with Crippen LogP contribution in [0.15, 0.2) is 30.6 Å². The molecule has 7 heteroatoms. The molecule has 0 saturated heterocycles. The number of hydrogen-bond donors (Lipinski definition) is 1. The van der Waals surface area contributed by atoms with E-state index in [1.165, 1.54) is 0 Å². The Morgan fingerprint density at radius 3 is 3.10 bits per heavy atom. The predicted octanol–water partition coefficient (Wildman–Crippen LogP) is 1.24. The lowest BCUT2D eigenvalue weighted by molar-refractivity contribution is -0.142. The van der Waals surface area contributed by atoms with Gasteiger partial charge in [-0.05, 0) is 18.6 Å². The van der Waals surface area contributed by atoms with Crippen LogP contribution >= 0.6 is 0 Å². The van der Waals surface area contributed by atoms with Crippen molar-refractivity contribution >= 4 is 11.5 Å². The van der Waals surface area contributed by atoms with Crippen molar-refractivity contribution in [2.75, 3.05) is 0 Å². The minimum atomic E-state index is -0.764. The van der Waals surface area contributed by atoms with Gasteiger partial charge in [0.2, 0.25) is 0 Å². The molecule has 21 heavy (non-hydrogen) atoms. The lowest BCUT2D eigenvalue weighted by Gasteiger charge is -2.20. The highest BCUT2D eigenvalue weighted by molar-refractivity contribution is 5.76. The van der Waals surface area contributed by atoms with E-state index in [0.29, 0.717) is 25.2 Å². The quantitative estimate of drug-likeness (QED) is 0.764. The van der Waals surface area contributed by atoms with Gasteiger partial charge in [0.25, 0.3) is 0 Å². The third-order valence-electron chi connectivity index (χ3n) is 3.96. The van der Waals surface area contributed by atoms with Gasteiger partial charge in [0, 0.05) is 19.2 Å². The van der Waals surface area contributed by atoms with E-state index in [0.717, 1.165) is 16.9 Å². The van der Waals surface area contributed by atoms with Crippen LogP contribution in [0, 0.1) is 5.92 Å². The van der Waals surface area contributed by atoms with Crippen molar-refractivity contribution in [1.82, 2.24) is 24.4 Å². The number of hydrogen-bond acceptors (Lipinski definition) is 4. The summed E-state index contributed by atoms with van der Waals surface area (Å²) < 4.78 is 3.68. The largest absolute Gasteiger partial charge is 0.481 e. The second-order valence-electron chi connectivity index (χ2n) is 5.21. The SMILES string of the molecule is O=C(O)C1CCc2nnc(-c3cnn4ccccc34)n2C1. The van der Waals surface area contributed by atoms with Crippen molar-refractivity contribution in [1.29, 1.82) is 0 Å². The first-order chi connectivity index (χ1) is 10.2. The molecule has 0 aliphatic carbocycles. The number of pyridine rings is 1. The van der Waals surface area contributed by atoms with Gasteiger partial charge >= 0.3 is 5.97 Å². The molecule has 3 aromatic rings. The maximum Gasteiger partial charge on any atom is 0.308 e. The molecule has 1 aliphatic rings. The summed E-state index contributed by atoms with van der Waals surface area (Å²) in [6.45, 7) is 0.414. The number of carboxylic acid groups (broad SMARTS) is 1. The fourth-order valence-corrected chi connectivity index (χ4v) is 2.83. The van der Waals surface area contributed by atoms with Crippen molar-refractivity contribution in [2.24, 2.45) is 5.92 Å². The van der Waals surface area contributed by atoms with Crippen molar-refractivity contribution in [3.05, 3.63) is 36.4 Å². The summed E-state index contributed by atoms with van der Waals surface area (Å²) in [5, 5.41) is 22.0. The first kappa shape index (κ1) is 12.1. The summed E-state index contributed by atoms with van der Waals surface area (Å²) in [6.07, 6.45) is 4.87. The molecule has 0 fully saturated rings. The van der Waals surface area contributed by atoms with E-state index in [4.69, 9.17) is 0 Å². The number of aliphatic carboxylic acids is 1. The maximum atomic E-state index is 11.2. The monoisotopic (exact) mass is 283 g/mol. The number of rotatable bonds is 2. The van der Waals surface area contributed by atoms with Gasteiger partial charge in [-0.3, -0.25) is 4.79 Å². The zero-order valence-corrected chi connectivity index (χ0v) is 11.2. The van der Waals surface area contributed by atoms with Crippen LogP contribution in [0.25, 0.3) is 16.9 Å². The van der Waals surface area contributed by atoms with Gasteiger partial charge in [0.1, 0.15) is 5.82 Å². The molecule has 1 unspecified atom stereocenters. The lowest BCUT2D eigenvalue weighted by Crippen LogP contribution is -2.27. The molecule has 0 aromatic carbocycles. The van der Waals surface area contributed by atoms with Crippen molar-refractivity contribution in [3.63, 3.8) is 0 Å². The molecule has 1 N–H and O–H groups in total. The number of fused-ring (bicyclic) bond motifs is 2. The molecule has 0 radical (unpaired) electrons. The minimum Gasteiger partial charge on any atom is -0.481 e. The third-order valence-corrected chi connectivity index (χ3v) is 3.96. The molecule has 1 aliphatic heterocycles.